The highest BCUT2D eigenvalue weighted by molar-refractivity contribution is 5.95. The molecule has 1 saturated carbocycles. The van der Waals surface area contributed by atoms with Crippen molar-refractivity contribution in [3.63, 3.8) is 0 Å². The van der Waals surface area contributed by atoms with E-state index in [1.807, 2.05) is 6.07 Å². The van der Waals surface area contributed by atoms with Gasteiger partial charge in [0.1, 0.15) is 11.4 Å². The number of ether oxygens (including phenoxy) is 1. The summed E-state index contributed by atoms with van der Waals surface area (Å²) in [5.74, 6) is 1.03. The first-order valence-corrected chi connectivity index (χ1v) is 9.32. The van der Waals surface area contributed by atoms with E-state index >= 15 is 0 Å². The maximum atomic E-state index is 14.1. The Morgan fingerprint density at radius 2 is 2.00 bits per heavy atom. The molecule has 1 saturated heterocycles. The normalized spacial score (nSPS) is 24.7. The summed E-state index contributed by atoms with van der Waals surface area (Å²) >= 11 is 0. The molecule has 2 aromatic rings. The molecule has 1 aliphatic heterocycles. The summed E-state index contributed by atoms with van der Waals surface area (Å²) in [5.41, 5.74) is 0.971. The SMILES string of the molecule is Cc1cccc(OC2C[C@@H]3CN(CC(=O)c4ccc(O)cn4)C[C@@H]3C2)c1F. The number of hydrogen-bond acceptors (Lipinski definition) is 5. The van der Waals surface area contributed by atoms with Gasteiger partial charge in [-0.15, -0.1) is 0 Å². The quantitative estimate of drug-likeness (QED) is 0.819. The van der Waals surface area contributed by atoms with Gasteiger partial charge in [-0.3, -0.25) is 9.69 Å². The van der Waals surface area contributed by atoms with Gasteiger partial charge in [-0.1, -0.05) is 12.1 Å². The summed E-state index contributed by atoms with van der Waals surface area (Å²) in [5, 5.41) is 9.27. The molecule has 6 heteroatoms. The van der Waals surface area contributed by atoms with Crippen molar-refractivity contribution in [3.8, 4) is 11.5 Å². The molecule has 1 aromatic carbocycles. The summed E-state index contributed by atoms with van der Waals surface area (Å²) in [4.78, 5) is 18.5. The predicted octanol–water partition coefficient (Wildman–Crippen LogP) is 3.21. The fraction of sp³-hybridized carbons (Fsp3) is 0.429. The Morgan fingerprint density at radius 3 is 2.67 bits per heavy atom. The largest absolute Gasteiger partial charge is 0.506 e. The summed E-state index contributed by atoms with van der Waals surface area (Å²) < 4.78 is 20.1. The Balaban J connectivity index is 1.31. The number of rotatable bonds is 5. The van der Waals surface area contributed by atoms with E-state index in [0.29, 0.717) is 35.4 Å². The Hall–Kier alpha value is -2.47. The molecule has 5 nitrogen and oxygen atoms in total. The Kier molecular flexibility index (Phi) is 4.83. The summed E-state index contributed by atoms with van der Waals surface area (Å²) in [7, 11) is 0. The summed E-state index contributed by atoms with van der Waals surface area (Å²) in [6, 6.07) is 8.27. The van der Waals surface area contributed by atoms with Crippen molar-refractivity contribution in [1.29, 1.82) is 0 Å². The van der Waals surface area contributed by atoms with Gasteiger partial charge < -0.3 is 9.84 Å². The number of aromatic nitrogens is 1. The topological polar surface area (TPSA) is 62.7 Å². The number of carbonyl (C=O) groups excluding carboxylic acids is 1. The third-order valence-electron chi connectivity index (χ3n) is 5.63. The molecule has 1 N–H and O–H groups in total. The number of likely N-dealkylation sites (tertiary alicyclic amines) is 1. The van der Waals surface area contributed by atoms with E-state index in [0.717, 1.165) is 25.9 Å². The van der Waals surface area contributed by atoms with Crippen LogP contribution in [-0.4, -0.2) is 46.5 Å². The third-order valence-corrected chi connectivity index (χ3v) is 5.63. The van der Waals surface area contributed by atoms with Crippen LogP contribution < -0.4 is 4.74 Å². The Morgan fingerprint density at radius 1 is 1.26 bits per heavy atom. The first-order valence-electron chi connectivity index (χ1n) is 9.32. The number of ketones is 1. The third kappa shape index (κ3) is 3.81. The van der Waals surface area contributed by atoms with Crippen molar-refractivity contribution in [1.82, 2.24) is 9.88 Å². The molecule has 2 heterocycles. The molecule has 3 atom stereocenters. The number of fused-ring (bicyclic) bond motifs is 1. The number of carbonyl (C=O) groups is 1. The lowest BCUT2D eigenvalue weighted by molar-refractivity contribution is 0.0931. The van der Waals surface area contributed by atoms with Crippen LogP contribution >= 0.6 is 0 Å². The number of benzene rings is 1. The average molecular weight is 370 g/mol. The van der Waals surface area contributed by atoms with Crippen LogP contribution in [0.3, 0.4) is 0 Å². The van der Waals surface area contributed by atoms with Gasteiger partial charge in [-0.25, -0.2) is 9.37 Å². The van der Waals surface area contributed by atoms with Gasteiger partial charge in [0.25, 0.3) is 0 Å². The molecule has 0 bridgehead atoms. The number of Topliss-reactive ketones (excluding diaryl/α,β-unsaturated/α-hetero) is 1. The van der Waals surface area contributed by atoms with E-state index in [1.165, 1.54) is 12.3 Å². The molecule has 0 radical (unpaired) electrons. The highest BCUT2D eigenvalue weighted by Crippen LogP contribution is 2.40. The second-order valence-electron chi connectivity index (χ2n) is 7.64. The zero-order valence-electron chi connectivity index (χ0n) is 15.3. The van der Waals surface area contributed by atoms with Crippen LogP contribution in [0.5, 0.6) is 11.5 Å². The van der Waals surface area contributed by atoms with E-state index in [1.54, 1.807) is 25.1 Å². The fourth-order valence-corrected chi connectivity index (χ4v) is 4.29. The number of halogens is 1. The summed E-state index contributed by atoms with van der Waals surface area (Å²) in [6.07, 6.45) is 3.10. The van der Waals surface area contributed by atoms with Crippen LogP contribution in [0.2, 0.25) is 0 Å². The number of nitrogens with zero attached hydrogens (tertiary/aromatic N) is 2. The minimum absolute atomic E-state index is 0.0351. The maximum Gasteiger partial charge on any atom is 0.195 e. The van der Waals surface area contributed by atoms with Gasteiger partial charge in [0, 0.05) is 13.1 Å². The molecule has 0 amide bonds. The average Bonchev–Trinajstić information content (AvgIpc) is 3.17. The number of hydrogen-bond donors (Lipinski definition) is 1. The maximum absolute atomic E-state index is 14.1. The molecule has 142 valence electrons. The van der Waals surface area contributed by atoms with Crippen LogP contribution in [0.25, 0.3) is 0 Å². The minimum atomic E-state index is -0.275. The predicted molar refractivity (Wildman–Crippen MR) is 98.4 cm³/mol. The van der Waals surface area contributed by atoms with Crippen LogP contribution in [-0.2, 0) is 0 Å². The molecule has 4 rings (SSSR count). The van der Waals surface area contributed by atoms with Crippen molar-refractivity contribution >= 4 is 5.78 Å². The molecule has 1 unspecified atom stereocenters. The lowest BCUT2D eigenvalue weighted by Gasteiger charge is -2.19. The van der Waals surface area contributed by atoms with Crippen LogP contribution in [0.1, 0.15) is 28.9 Å². The van der Waals surface area contributed by atoms with Crippen molar-refractivity contribution in [2.45, 2.75) is 25.9 Å². The molecule has 2 aliphatic rings. The summed E-state index contributed by atoms with van der Waals surface area (Å²) in [6.45, 7) is 3.78. The van der Waals surface area contributed by atoms with Crippen LogP contribution in [0, 0.1) is 24.6 Å². The van der Waals surface area contributed by atoms with Gasteiger partial charge in [-0.05, 0) is 55.4 Å². The number of aryl methyl sites for hydroxylation is 1. The molecule has 27 heavy (non-hydrogen) atoms. The number of pyridine rings is 1. The highest BCUT2D eigenvalue weighted by atomic mass is 19.1. The highest BCUT2D eigenvalue weighted by Gasteiger charge is 2.42. The Labute approximate surface area is 157 Å². The Bertz CT molecular complexity index is 826. The smallest absolute Gasteiger partial charge is 0.195 e. The number of aromatic hydroxyl groups is 1. The van der Waals surface area contributed by atoms with Gasteiger partial charge in [0.05, 0.1) is 18.8 Å². The zero-order chi connectivity index (χ0) is 19.0. The zero-order valence-corrected chi connectivity index (χ0v) is 15.3. The van der Waals surface area contributed by atoms with Crippen LogP contribution in [0.15, 0.2) is 36.5 Å². The first kappa shape index (κ1) is 17.9. The van der Waals surface area contributed by atoms with Gasteiger partial charge in [-0.2, -0.15) is 0 Å². The van der Waals surface area contributed by atoms with Crippen molar-refractivity contribution in [3.05, 3.63) is 53.6 Å². The second kappa shape index (κ2) is 7.27. The molecular weight excluding hydrogens is 347 g/mol. The second-order valence-corrected chi connectivity index (χ2v) is 7.64. The minimum Gasteiger partial charge on any atom is -0.506 e. The van der Waals surface area contributed by atoms with Gasteiger partial charge in [0.15, 0.2) is 17.3 Å². The van der Waals surface area contributed by atoms with Crippen molar-refractivity contribution in [2.24, 2.45) is 11.8 Å². The molecular formula is C21H23FN2O3. The van der Waals surface area contributed by atoms with Gasteiger partial charge in [0.2, 0.25) is 0 Å². The van der Waals surface area contributed by atoms with E-state index in [9.17, 15) is 14.3 Å². The lowest BCUT2D eigenvalue weighted by Crippen LogP contribution is -2.30. The van der Waals surface area contributed by atoms with Crippen molar-refractivity contribution < 1.29 is 19.0 Å². The monoisotopic (exact) mass is 370 g/mol. The fourth-order valence-electron chi connectivity index (χ4n) is 4.29. The van der Waals surface area contributed by atoms with E-state index in [4.69, 9.17) is 4.74 Å². The van der Waals surface area contributed by atoms with E-state index in [-0.39, 0.29) is 23.5 Å². The lowest BCUT2D eigenvalue weighted by atomic mass is 10.0. The molecule has 1 aromatic heterocycles. The standard InChI is InChI=1S/C21H23FN2O3/c1-13-3-2-4-20(21(13)22)27-17-7-14-10-24(11-15(14)8-17)12-19(26)18-6-5-16(25)9-23-18/h2-6,9,14-15,17,25H,7-8,10-12H2,1H3/t14-,15+,17?. The molecule has 0 spiro atoms. The van der Waals surface area contributed by atoms with E-state index < -0.39 is 0 Å². The molecule has 1 aliphatic carbocycles. The van der Waals surface area contributed by atoms with E-state index in [2.05, 4.69) is 9.88 Å². The van der Waals surface area contributed by atoms with Crippen molar-refractivity contribution in [2.75, 3.05) is 19.6 Å². The first-order chi connectivity index (χ1) is 13.0. The molecule has 2 fully saturated rings. The van der Waals surface area contributed by atoms with Gasteiger partial charge >= 0.3 is 0 Å². The van der Waals surface area contributed by atoms with Crippen LogP contribution in [0.4, 0.5) is 4.39 Å².